The van der Waals surface area contributed by atoms with Crippen molar-refractivity contribution in [3.8, 4) is 0 Å². The van der Waals surface area contributed by atoms with E-state index < -0.39 is 4.92 Å². The van der Waals surface area contributed by atoms with Gasteiger partial charge in [-0.3, -0.25) is 10.1 Å². The summed E-state index contributed by atoms with van der Waals surface area (Å²) in [4.78, 5) is 10.1. The molecule has 2 aromatic carbocycles. The first kappa shape index (κ1) is 14.5. The van der Waals surface area contributed by atoms with Crippen molar-refractivity contribution < 1.29 is 4.92 Å². The van der Waals surface area contributed by atoms with Crippen molar-refractivity contribution in [1.82, 2.24) is 0 Å². The smallest absolute Gasteiger partial charge is 0.258 e. The first-order valence-corrected chi connectivity index (χ1v) is 6.56. The van der Waals surface area contributed by atoms with Crippen LogP contribution in [-0.2, 0) is 0 Å². The monoisotopic (exact) mass is 277 g/mol. The standard InChI is InChI=1S/C18H15NO2/c20-19(21)18-14-12-17(13-15-18)11-5-2-1-4-8-16-9-6-3-7-10-16/h1-15H/b2-1+,8-4+,11-5+. The molecule has 0 aliphatic heterocycles. The molecule has 2 rings (SSSR count). The summed E-state index contributed by atoms with van der Waals surface area (Å²) in [5.41, 5.74) is 2.19. The number of nitro benzene ring substituents is 1. The van der Waals surface area contributed by atoms with Gasteiger partial charge in [-0.2, -0.15) is 0 Å². The van der Waals surface area contributed by atoms with Gasteiger partial charge in [-0.15, -0.1) is 0 Å². The van der Waals surface area contributed by atoms with E-state index in [-0.39, 0.29) is 5.69 Å². The molecule has 0 amide bonds. The summed E-state index contributed by atoms with van der Waals surface area (Å²) in [5.74, 6) is 0. The van der Waals surface area contributed by atoms with E-state index in [9.17, 15) is 10.1 Å². The highest BCUT2D eigenvalue weighted by Crippen LogP contribution is 2.12. The Morgan fingerprint density at radius 1 is 0.714 bits per heavy atom. The molecule has 0 radical (unpaired) electrons. The van der Waals surface area contributed by atoms with Crippen LogP contribution in [0.15, 0.2) is 78.9 Å². The van der Waals surface area contributed by atoms with Crippen molar-refractivity contribution in [1.29, 1.82) is 0 Å². The summed E-state index contributed by atoms with van der Waals surface area (Å²) in [6.07, 6.45) is 11.6. The minimum absolute atomic E-state index is 0.105. The van der Waals surface area contributed by atoms with E-state index >= 15 is 0 Å². The van der Waals surface area contributed by atoms with Crippen LogP contribution in [0.1, 0.15) is 11.1 Å². The highest BCUT2D eigenvalue weighted by Gasteiger charge is 2.01. The van der Waals surface area contributed by atoms with Crippen molar-refractivity contribution in [3.63, 3.8) is 0 Å². The van der Waals surface area contributed by atoms with Gasteiger partial charge in [0.15, 0.2) is 0 Å². The normalized spacial score (nSPS) is 11.6. The zero-order chi connectivity index (χ0) is 14.9. The van der Waals surface area contributed by atoms with Crippen LogP contribution in [0.5, 0.6) is 0 Å². The predicted molar refractivity (Wildman–Crippen MR) is 86.7 cm³/mol. The van der Waals surface area contributed by atoms with E-state index in [4.69, 9.17) is 0 Å². The molecule has 2 aromatic rings. The van der Waals surface area contributed by atoms with Crippen LogP contribution in [0.4, 0.5) is 5.69 Å². The van der Waals surface area contributed by atoms with E-state index in [1.54, 1.807) is 12.1 Å². The highest BCUT2D eigenvalue weighted by atomic mass is 16.6. The Balaban J connectivity index is 1.88. The van der Waals surface area contributed by atoms with Crippen molar-refractivity contribution >= 4 is 17.8 Å². The molecule has 0 heterocycles. The van der Waals surface area contributed by atoms with Crippen LogP contribution in [0.2, 0.25) is 0 Å². The van der Waals surface area contributed by atoms with Crippen molar-refractivity contribution in [2.45, 2.75) is 0 Å². The quantitative estimate of drug-likeness (QED) is 0.444. The largest absolute Gasteiger partial charge is 0.269 e. The average molecular weight is 277 g/mol. The summed E-state index contributed by atoms with van der Waals surface area (Å²) in [6.45, 7) is 0. The predicted octanol–water partition coefficient (Wildman–Crippen LogP) is 4.88. The van der Waals surface area contributed by atoms with Crippen LogP contribution >= 0.6 is 0 Å². The van der Waals surface area contributed by atoms with E-state index in [1.165, 1.54) is 12.1 Å². The molecular weight excluding hydrogens is 262 g/mol. The lowest BCUT2D eigenvalue weighted by Crippen LogP contribution is -1.86. The third-order valence-electron chi connectivity index (χ3n) is 2.81. The van der Waals surface area contributed by atoms with Gasteiger partial charge in [0, 0.05) is 12.1 Å². The van der Waals surface area contributed by atoms with Gasteiger partial charge < -0.3 is 0 Å². The number of nitrogens with zero attached hydrogens (tertiary/aromatic N) is 1. The molecular formula is C18H15NO2. The van der Waals surface area contributed by atoms with E-state index in [2.05, 4.69) is 0 Å². The Hall–Kier alpha value is -2.94. The molecule has 0 saturated heterocycles. The SMILES string of the molecule is O=[N+]([O-])c1ccc(/C=C/C=C/C=C/c2ccccc2)cc1. The Labute approximate surface area is 123 Å². The van der Waals surface area contributed by atoms with Gasteiger partial charge in [-0.1, -0.05) is 66.8 Å². The van der Waals surface area contributed by atoms with E-state index in [1.807, 2.05) is 66.8 Å². The van der Waals surface area contributed by atoms with Crippen LogP contribution < -0.4 is 0 Å². The molecule has 0 aliphatic rings. The number of rotatable bonds is 5. The van der Waals surface area contributed by atoms with Crippen LogP contribution in [0.3, 0.4) is 0 Å². The first-order valence-electron chi connectivity index (χ1n) is 6.56. The molecule has 0 fully saturated rings. The number of allylic oxidation sites excluding steroid dienone is 4. The highest BCUT2D eigenvalue weighted by molar-refractivity contribution is 5.54. The van der Waals surface area contributed by atoms with Crippen LogP contribution in [-0.4, -0.2) is 4.92 Å². The number of nitro groups is 1. The van der Waals surface area contributed by atoms with Gasteiger partial charge in [-0.05, 0) is 23.3 Å². The summed E-state index contributed by atoms with van der Waals surface area (Å²) in [7, 11) is 0. The van der Waals surface area contributed by atoms with Gasteiger partial charge in [0.1, 0.15) is 0 Å². The van der Waals surface area contributed by atoms with Gasteiger partial charge in [-0.25, -0.2) is 0 Å². The van der Waals surface area contributed by atoms with Gasteiger partial charge >= 0.3 is 0 Å². The molecule has 0 aliphatic carbocycles. The lowest BCUT2D eigenvalue weighted by atomic mass is 10.2. The Morgan fingerprint density at radius 3 is 1.76 bits per heavy atom. The minimum Gasteiger partial charge on any atom is -0.258 e. The molecule has 3 nitrogen and oxygen atoms in total. The van der Waals surface area contributed by atoms with Gasteiger partial charge in [0.25, 0.3) is 5.69 Å². The Morgan fingerprint density at radius 2 is 1.24 bits per heavy atom. The zero-order valence-electron chi connectivity index (χ0n) is 11.4. The Kier molecular flexibility index (Phi) is 5.24. The maximum Gasteiger partial charge on any atom is 0.269 e. The molecule has 0 N–H and O–H groups in total. The van der Waals surface area contributed by atoms with Crippen molar-refractivity contribution in [2.75, 3.05) is 0 Å². The van der Waals surface area contributed by atoms with Crippen molar-refractivity contribution in [3.05, 3.63) is 100 Å². The topological polar surface area (TPSA) is 43.1 Å². The lowest BCUT2D eigenvalue weighted by Gasteiger charge is -1.92. The number of benzene rings is 2. The number of hydrogen-bond donors (Lipinski definition) is 0. The zero-order valence-corrected chi connectivity index (χ0v) is 11.4. The molecule has 0 spiro atoms. The second kappa shape index (κ2) is 7.60. The third kappa shape index (κ3) is 4.91. The number of hydrogen-bond acceptors (Lipinski definition) is 2. The van der Waals surface area contributed by atoms with Crippen LogP contribution in [0, 0.1) is 10.1 Å². The second-order valence-corrected chi connectivity index (χ2v) is 4.36. The Bertz CT molecular complexity index is 668. The average Bonchev–Trinajstić information content (AvgIpc) is 2.52. The fourth-order valence-corrected chi connectivity index (χ4v) is 1.73. The third-order valence-corrected chi connectivity index (χ3v) is 2.81. The molecule has 0 saturated carbocycles. The van der Waals surface area contributed by atoms with Gasteiger partial charge in [0.05, 0.1) is 4.92 Å². The molecule has 0 unspecified atom stereocenters. The van der Waals surface area contributed by atoms with E-state index in [0.29, 0.717) is 0 Å². The molecule has 21 heavy (non-hydrogen) atoms. The first-order chi connectivity index (χ1) is 10.3. The molecule has 0 bridgehead atoms. The fraction of sp³-hybridized carbons (Fsp3) is 0. The maximum atomic E-state index is 10.5. The molecule has 0 atom stereocenters. The second-order valence-electron chi connectivity index (χ2n) is 4.36. The maximum absolute atomic E-state index is 10.5. The summed E-state index contributed by atoms with van der Waals surface area (Å²) in [6, 6.07) is 16.5. The number of non-ortho nitro benzene ring substituents is 1. The van der Waals surface area contributed by atoms with Gasteiger partial charge in [0.2, 0.25) is 0 Å². The van der Waals surface area contributed by atoms with Crippen molar-refractivity contribution in [2.24, 2.45) is 0 Å². The lowest BCUT2D eigenvalue weighted by molar-refractivity contribution is -0.384. The molecule has 104 valence electrons. The summed E-state index contributed by atoms with van der Waals surface area (Å²) in [5, 5.41) is 10.5. The van der Waals surface area contributed by atoms with E-state index in [0.717, 1.165) is 11.1 Å². The minimum atomic E-state index is -0.401. The summed E-state index contributed by atoms with van der Waals surface area (Å²) < 4.78 is 0. The molecule has 3 heteroatoms. The summed E-state index contributed by atoms with van der Waals surface area (Å²) >= 11 is 0. The molecule has 0 aromatic heterocycles. The fourth-order valence-electron chi connectivity index (χ4n) is 1.73. The van der Waals surface area contributed by atoms with Crippen LogP contribution in [0.25, 0.3) is 12.2 Å².